The van der Waals surface area contributed by atoms with Crippen LogP contribution in [0.15, 0.2) is 18.2 Å². The van der Waals surface area contributed by atoms with Gasteiger partial charge in [-0.25, -0.2) is 4.39 Å². The van der Waals surface area contributed by atoms with Crippen molar-refractivity contribution < 1.29 is 13.9 Å². The smallest absolute Gasteiger partial charge is 0.175 e. The second-order valence-corrected chi connectivity index (χ2v) is 5.02. The molecule has 1 aromatic heterocycles. The predicted molar refractivity (Wildman–Crippen MR) is 78.3 cm³/mol. The molecule has 1 heterocycles. The predicted octanol–water partition coefficient (Wildman–Crippen LogP) is 3.00. The maximum Gasteiger partial charge on any atom is 0.175 e. The molecular formula is C16H19FN2O2. The molecule has 5 heteroatoms. The van der Waals surface area contributed by atoms with Crippen molar-refractivity contribution >= 4 is 5.78 Å². The molecule has 112 valence electrons. The van der Waals surface area contributed by atoms with Gasteiger partial charge in [-0.15, -0.1) is 0 Å². The van der Waals surface area contributed by atoms with Crippen LogP contribution in [0.25, 0.3) is 0 Å². The van der Waals surface area contributed by atoms with E-state index >= 15 is 0 Å². The standard InChI is InChI=1S/C16H19FN2O2/c1-10-12(11(2)19(3)18-10)8-9-14(20)13-6-5-7-15(21-4)16(13)17/h5-7H,8-9H2,1-4H3. The highest BCUT2D eigenvalue weighted by Crippen LogP contribution is 2.22. The average molecular weight is 290 g/mol. The monoisotopic (exact) mass is 290 g/mol. The van der Waals surface area contributed by atoms with Gasteiger partial charge in [0.15, 0.2) is 17.3 Å². The molecule has 2 rings (SSSR count). The van der Waals surface area contributed by atoms with Crippen molar-refractivity contribution in [3.05, 3.63) is 46.5 Å². The Morgan fingerprint density at radius 1 is 1.38 bits per heavy atom. The minimum atomic E-state index is -0.593. The molecule has 0 bridgehead atoms. The first kappa shape index (κ1) is 15.2. The Balaban J connectivity index is 2.16. The number of Topliss-reactive ketones (excluding diaryl/α,β-unsaturated/α-hetero) is 1. The minimum absolute atomic E-state index is 0.0774. The van der Waals surface area contributed by atoms with Gasteiger partial charge in [-0.2, -0.15) is 5.10 Å². The largest absolute Gasteiger partial charge is 0.494 e. The van der Waals surface area contributed by atoms with Crippen molar-refractivity contribution in [3.63, 3.8) is 0 Å². The minimum Gasteiger partial charge on any atom is -0.494 e. The molecule has 0 saturated heterocycles. The topological polar surface area (TPSA) is 44.1 Å². The number of carbonyl (C=O) groups excluding carboxylic acids is 1. The van der Waals surface area contributed by atoms with Crippen molar-refractivity contribution in [2.24, 2.45) is 7.05 Å². The molecule has 0 radical (unpaired) electrons. The Labute approximate surface area is 123 Å². The number of ether oxygens (including phenoxy) is 1. The third-order valence-corrected chi connectivity index (χ3v) is 3.74. The quantitative estimate of drug-likeness (QED) is 0.795. The number of hydrogen-bond acceptors (Lipinski definition) is 3. The summed E-state index contributed by atoms with van der Waals surface area (Å²) in [5.74, 6) is -0.728. The van der Waals surface area contributed by atoms with Crippen molar-refractivity contribution in [2.45, 2.75) is 26.7 Å². The summed E-state index contributed by atoms with van der Waals surface area (Å²) in [7, 11) is 3.25. The fraction of sp³-hybridized carbons (Fsp3) is 0.375. The summed E-state index contributed by atoms with van der Waals surface area (Å²) in [6, 6.07) is 4.61. The van der Waals surface area contributed by atoms with Gasteiger partial charge in [-0.05, 0) is 38.0 Å². The molecule has 21 heavy (non-hydrogen) atoms. The van der Waals surface area contributed by atoms with Crippen LogP contribution in [0.2, 0.25) is 0 Å². The van der Waals surface area contributed by atoms with Crippen molar-refractivity contribution in [2.75, 3.05) is 7.11 Å². The van der Waals surface area contributed by atoms with E-state index in [9.17, 15) is 9.18 Å². The summed E-state index contributed by atoms with van der Waals surface area (Å²) in [6.45, 7) is 3.88. The second kappa shape index (κ2) is 6.08. The van der Waals surface area contributed by atoms with Gasteiger partial charge >= 0.3 is 0 Å². The van der Waals surface area contributed by atoms with E-state index in [2.05, 4.69) is 5.10 Å². The number of carbonyl (C=O) groups is 1. The van der Waals surface area contributed by atoms with Gasteiger partial charge in [-0.1, -0.05) is 6.07 Å². The van der Waals surface area contributed by atoms with Gasteiger partial charge in [0.2, 0.25) is 0 Å². The maximum atomic E-state index is 14.0. The molecule has 1 aromatic carbocycles. The highest BCUT2D eigenvalue weighted by atomic mass is 19.1. The van der Waals surface area contributed by atoms with Crippen LogP contribution < -0.4 is 4.74 Å². The van der Waals surface area contributed by atoms with Crippen LogP contribution in [0, 0.1) is 19.7 Å². The zero-order chi connectivity index (χ0) is 15.6. The summed E-state index contributed by atoms with van der Waals surface area (Å²) in [6.07, 6.45) is 0.804. The van der Waals surface area contributed by atoms with Crippen molar-refractivity contribution in [3.8, 4) is 5.75 Å². The van der Waals surface area contributed by atoms with E-state index in [-0.39, 0.29) is 23.5 Å². The van der Waals surface area contributed by atoms with E-state index in [0.717, 1.165) is 17.0 Å². The van der Waals surface area contributed by atoms with E-state index < -0.39 is 5.82 Å². The Bertz CT molecular complexity index is 677. The Hall–Kier alpha value is -2.17. The summed E-state index contributed by atoms with van der Waals surface area (Å²) in [4.78, 5) is 12.2. The molecule has 2 aromatic rings. The molecule has 0 unspecified atom stereocenters. The highest BCUT2D eigenvalue weighted by Gasteiger charge is 2.17. The lowest BCUT2D eigenvalue weighted by Gasteiger charge is -2.07. The van der Waals surface area contributed by atoms with Crippen LogP contribution in [0.1, 0.15) is 33.7 Å². The lowest BCUT2D eigenvalue weighted by Crippen LogP contribution is -2.06. The molecule has 0 atom stereocenters. The van der Waals surface area contributed by atoms with Gasteiger partial charge in [0.1, 0.15) is 0 Å². The molecule has 0 saturated carbocycles. The summed E-state index contributed by atoms with van der Waals surface area (Å²) >= 11 is 0. The fourth-order valence-electron chi connectivity index (χ4n) is 2.44. The average Bonchev–Trinajstić information content (AvgIpc) is 2.70. The molecule has 0 amide bonds. The summed E-state index contributed by atoms with van der Waals surface area (Å²) < 4.78 is 20.7. The van der Waals surface area contributed by atoms with Crippen molar-refractivity contribution in [1.82, 2.24) is 9.78 Å². The number of ketones is 1. The molecule has 4 nitrogen and oxygen atoms in total. The van der Waals surface area contributed by atoms with Gasteiger partial charge in [0, 0.05) is 19.2 Å². The Morgan fingerprint density at radius 2 is 2.10 bits per heavy atom. The third-order valence-electron chi connectivity index (χ3n) is 3.74. The van der Waals surface area contributed by atoms with E-state index in [4.69, 9.17) is 4.74 Å². The second-order valence-electron chi connectivity index (χ2n) is 5.02. The summed E-state index contributed by atoms with van der Waals surface area (Å²) in [5, 5.41) is 4.32. The Morgan fingerprint density at radius 3 is 2.67 bits per heavy atom. The Kier molecular flexibility index (Phi) is 4.40. The normalized spacial score (nSPS) is 10.7. The number of methoxy groups -OCH3 is 1. The van der Waals surface area contributed by atoms with E-state index in [1.165, 1.54) is 19.2 Å². The van der Waals surface area contributed by atoms with Crippen LogP contribution in [0.4, 0.5) is 4.39 Å². The lowest BCUT2D eigenvalue weighted by molar-refractivity contribution is 0.0978. The SMILES string of the molecule is COc1cccc(C(=O)CCc2c(C)nn(C)c2C)c1F. The molecule has 0 aliphatic heterocycles. The van der Waals surface area contributed by atoms with Crippen LogP contribution in [-0.2, 0) is 13.5 Å². The van der Waals surface area contributed by atoms with Gasteiger partial charge in [-0.3, -0.25) is 9.48 Å². The number of aromatic nitrogens is 2. The first-order valence-corrected chi connectivity index (χ1v) is 6.80. The maximum absolute atomic E-state index is 14.0. The number of nitrogens with zero attached hydrogens (tertiary/aromatic N) is 2. The van der Waals surface area contributed by atoms with Crippen LogP contribution in [0.5, 0.6) is 5.75 Å². The first-order chi connectivity index (χ1) is 9.95. The fourth-order valence-corrected chi connectivity index (χ4v) is 2.44. The van der Waals surface area contributed by atoms with E-state index in [0.29, 0.717) is 6.42 Å². The zero-order valence-corrected chi connectivity index (χ0v) is 12.7. The first-order valence-electron chi connectivity index (χ1n) is 6.80. The number of benzene rings is 1. The van der Waals surface area contributed by atoms with Gasteiger partial charge in [0.25, 0.3) is 0 Å². The number of rotatable bonds is 5. The molecule has 0 fully saturated rings. The van der Waals surface area contributed by atoms with E-state index in [1.807, 2.05) is 20.9 Å². The number of aryl methyl sites for hydroxylation is 2. The van der Waals surface area contributed by atoms with Gasteiger partial charge < -0.3 is 4.74 Å². The van der Waals surface area contributed by atoms with Crippen LogP contribution in [0.3, 0.4) is 0 Å². The number of halogens is 1. The van der Waals surface area contributed by atoms with Crippen LogP contribution in [-0.4, -0.2) is 22.7 Å². The zero-order valence-electron chi connectivity index (χ0n) is 12.7. The lowest BCUT2D eigenvalue weighted by atomic mass is 10.0. The molecule has 0 aliphatic carbocycles. The molecular weight excluding hydrogens is 271 g/mol. The molecule has 0 aliphatic rings. The highest BCUT2D eigenvalue weighted by molar-refractivity contribution is 5.96. The van der Waals surface area contributed by atoms with E-state index in [1.54, 1.807) is 10.7 Å². The summed E-state index contributed by atoms with van der Waals surface area (Å²) in [5.41, 5.74) is 3.07. The van der Waals surface area contributed by atoms with Gasteiger partial charge in [0.05, 0.1) is 18.4 Å². The molecule has 0 spiro atoms. The van der Waals surface area contributed by atoms with Crippen LogP contribution >= 0.6 is 0 Å². The number of hydrogen-bond donors (Lipinski definition) is 0. The molecule has 0 N–H and O–H groups in total. The third kappa shape index (κ3) is 2.96. The van der Waals surface area contributed by atoms with Crippen molar-refractivity contribution in [1.29, 1.82) is 0 Å².